The number of carbonyl (C=O) groups is 1. The fraction of sp³-hybridized carbons (Fsp3) is 0.333. The van der Waals surface area contributed by atoms with Crippen molar-refractivity contribution in [1.82, 2.24) is 24.6 Å². The number of hydrogen-bond acceptors (Lipinski definition) is 6. The highest BCUT2D eigenvalue weighted by molar-refractivity contribution is 7.99. The van der Waals surface area contributed by atoms with Crippen LogP contribution < -0.4 is 0 Å². The lowest BCUT2D eigenvalue weighted by molar-refractivity contribution is -0.129. The van der Waals surface area contributed by atoms with Gasteiger partial charge in [0.2, 0.25) is 5.91 Å². The van der Waals surface area contributed by atoms with Gasteiger partial charge in [-0.2, -0.15) is 0 Å². The van der Waals surface area contributed by atoms with Gasteiger partial charge in [0.05, 0.1) is 27.5 Å². The third-order valence-corrected chi connectivity index (χ3v) is 8.07. The molecule has 5 rings (SSSR count). The lowest BCUT2D eigenvalue weighted by atomic mass is 9.97. The van der Waals surface area contributed by atoms with E-state index in [1.807, 2.05) is 36.1 Å². The van der Waals surface area contributed by atoms with E-state index in [9.17, 15) is 4.79 Å². The molecule has 0 saturated carbocycles. The van der Waals surface area contributed by atoms with Crippen molar-refractivity contribution in [3.05, 3.63) is 71.0 Å². The van der Waals surface area contributed by atoms with Gasteiger partial charge in [0.15, 0.2) is 5.16 Å². The number of aryl methyl sites for hydroxylation is 1. The number of likely N-dealkylation sites (tertiary alicyclic amines) is 1. The molecular formula is C24H25N5OS2. The summed E-state index contributed by atoms with van der Waals surface area (Å²) in [4.78, 5) is 19.7. The van der Waals surface area contributed by atoms with Crippen molar-refractivity contribution in [2.24, 2.45) is 0 Å². The quantitative estimate of drug-likeness (QED) is 0.386. The summed E-state index contributed by atoms with van der Waals surface area (Å²) in [7, 11) is 0. The van der Waals surface area contributed by atoms with E-state index in [0.29, 0.717) is 18.2 Å². The van der Waals surface area contributed by atoms with Crippen LogP contribution in [0.3, 0.4) is 0 Å². The highest BCUT2D eigenvalue weighted by atomic mass is 32.2. The standard InChI is InChI=1S/C24H25N5OS2/c1-17-26-27-24(29(17)15-18-7-3-2-4-8-18)31-16-22(30)28-13-11-19(12-14-28)23-25-20-9-5-6-10-21(20)32-23/h2-10,19H,11-16H2,1H3. The van der Waals surface area contributed by atoms with Gasteiger partial charge in [-0.25, -0.2) is 4.98 Å². The molecule has 0 bridgehead atoms. The highest BCUT2D eigenvalue weighted by Crippen LogP contribution is 2.34. The molecule has 0 N–H and O–H groups in total. The summed E-state index contributed by atoms with van der Waals surface area (Å²) in [6.45, 7) is 4.24. The Morgan fingerprint density at radius 1 is 1.06 bits per heavy atom. The summed E-state index contributed by atoms with van der Waals surface area (Å²) < 4.78 is 3.32. The van der Waals surface area contributed by atoms with Gasteiger partial charge in [-0.05, 0) is 37.5 Å². The molecule has 1 fully saturated rings. The van der Waals surface area contributed by atoms with E-state index >= 15 is 0 Å². The average molecular weight is 464 g/mol. The first-order valence-electron chi connectivity index (χ1n) is 10.9. The van der Waals surface area contributed by atoms with Crippen LogP contribution in [0.1, 0.15) is 35.2 Å². The highest BCUT2D eigenvalue weighted by Gasteiger charge is 2.26. The monoisotopic (exact) mass is 463 g/mol. The van der Waals surface area contributed by atoms with Gasteiger partial charge in [0.1, 0.15) is 5.82 Å². The summed E-state index contributed by atoms with van der Waals surface area (Å²) in [5.41, 5.74) is 2.28. The molecule has 0 aliphatic carbocycles. The second-order valence-electron chi connectivity index (χ2n) is 8.07. The summed E-state index contributed by atoms with van der Waals surface area (Å²) in [5, 5.41) is 10.5. The van der Waals surface area contributed by atoms with Crippen LogP contribution in [0.2, 0.25) is 0 Å². The lowest BCUT2D eigenvalue weighted by Gasteiger charge is -2.31. The normalized spacial score (nSPS) is 14.8. The Hall–Kier alpha value is -2.71. The fourth-order valence-electron chi connectivity index (χ4n) is 4.07. The first kappa shape index (κ1) is 21.2. The number of rotatable bonds is 6. The van der Waals surface area contributed by atoms with E-state index < -0.39 is 0 Å². The number of hydrogen-bond donors (Lipinski definition) is 0. The first-order chi connectivity index (χ1) is 15.7. The minimum atomic E-state index is 0.171. The molecule has 8 heteroatoms. The van der Waals surface area contributed by atoms with Gasteiger partial charge in [0, 0.05) is 19.0 Å². The van der Waals surface area contributed by atoms with E-state index in [0.717, 1.165) is 42.4 Å². The van der Waals surface area contributed by atoms with Crippen LogP contribution >= 0.6 is 23.1 Å². The van der Waals surface area contributed by atoms with E-state index in [2.05, 4.69) is 45.1 Å². The van der Waals surface area contributed by atoms with Crippen molar-refractivity contribution in [2.45, 2.75) is 37.4 Å². The Balaban J connectivity index is 1.16. The molecule has 1 amide bonds. The predicted molar refractivity (Wildman–Crippen MR) is 129 cm³/mol. The van der Waals surface area contributed by atoms with Crippen LogP contribution in [0.15, 0.2) is 59.8 Å². The maximum Gasteiger partial charge on any atom is 0.233 e. The number of benzene rings is 2. The van der Waals surface area contributed by atoms with Crippen LogP contribution in [0, 0.1) is 6.92 Å². The summed E-state index contributed by atoms with van der Waals surface area (Å²) >= 11 is 3.27. The molecule has 164 valence electrons. The minimum absolute atomic E-state index is 0.171. The second kappa shape index (κ2) is 9.42. The van der Waals surface area contributed by atoms with Crippen molar-refractivity contribution in [3.8, 4) is 0 Å². The maximum absolute atomic E-state index is 12.9. The third-order valence-electron chi connectivity index (χ3n) is 5.92. The molecule has 32 heavy (non-hydrogen) atoms. The molecule has 4 aromatic rings. The zero-order valence-corrected chi connectivity index (χ0v) is 19.6. The molecular weight excluding hydrogens is 438 g/mol. The Morgan fingerprint density at radius 3 is 2.59 bits per heavy atom. The van der Waals surface area contributed by atoms with E-state index in [1.54, 1.807) is 11.3 Å². The van der Waals surface area contributed by atoms with Gasteiger partial charge in [-0.3, -0.25) is 4.79 Å². The zero-order valence-electron chi connectivity index (χ0n) is 18.0. The minimum Gasteiger partial charge on any atom is -0.342 e. The average Bonchev–Trinajstić information content (AvgIpc) is 3.42. The molecule has 0 atom stereocenters. The van der Waals surface area contributed by atoms with Gasteiger partial charge in [-0.1, -0.05) is 54.2 Å². The SMILES string of the molecule is Cc1nnc(SCC(=O)N2CCC(c3nc4ccccc4s3)CC2)n1Cc1ccccc1. The summed E-state index contributed by atoms with van der Waals surface area (Å²) in [5.74, 6) is 1.87. The molecule has 0 radical (unpaired) electrons. The Bertz CT molecular complexity index is 1180. The topological polar surface area (TPSA) is 63.9 Å². The summed E-state index contributed by atoms with van der Waals surface area (Å²) in [6.07, 6.45) is 1.94. The third kappa shape index (κ3) is 4.56. The van der Waals surface area contributed by atoms with Crippen molar-refractivity contribution < 1.29 is 4.79 Å². The van der Waals surface area contributed by atoms with Gasteiger partial charge >= 0.3 is 0 Å². The largest absolute Gasteiger partial charge is 0.342 e. The second-order valence-corrected chi connectivity index (χ2v) is 10.1. The molecule has 2 aromatic heterocycles. The van der Waals surface area contributed by atoms with Gasteiger partial charge < -0.3 is 9.47 Å². The molecule has 1 aliphatic heterocycles. The van der Waals surface area contributed by atoms with Gasteiger partial charge in [0.25, 0.3) is 0 Å². The number of aromatic nitrogens is 4. The summed E-state index contributed by atoms with van der Waals surface area (Å²) in [6, 6.07) is 18.6. The molecule has 2 aromatic carbocycles. The number of para-hydroxylation sites is 1. The molecule has 6 nitrogen and oxygen atoms in total. The Kier molecular flexibility index (Phi) is 6.23. The number of carbonyl (C=O) groups excluding carboxylic acids is 1. The van der Waals surface area contributed by atoms with E-state index in [-0.39, 0.29) is 5.91 Å². The number of piperidine rings is 1. The maximum atomic E-state index is 12.9. The number of thioether (sulfide) groups is 1. The Morgan fingerprint density at radius 2 is 1.81 bits per heavy atom. The molecule has 3 heterocycles. The molecule has 0 spiro atoms. The smallest absolute Gasteiger partial charge is 0.233 e. The number of thiazole rings is 1. The Labute approximate surface area is 195 Å². The van der Waals surface area contributed by atoms with Crippen molar-refractivity contribution in [2.75, 3.05) is 18.8 Å². The van der Waals surface area contributed by atoms with Crippen molar-refractivity contribution in [1.29, 1.82) is 0 Å². The lowest BCUT2D eigenvalue weighted by Crippen LogP contribution is -2.39. The fourth-order valence-corrected chi connectivity index (χ4v) is 6.10. The van der Waals surface area contributed by atoms with E-state index in [1.165, 1.54) is 27.0 Å². The molecule has 1 aliphatic rings. The van der Waals surface area contributed by atoms with Crippen molar-refractivity contribution >= 4 is 39.2 Å². The number of fused-ring (bicyclic) bond motifs is 1. The number of nitrogens with zero attached hydrogens (tertiary/aromatic N) is 5. The van der Waals surface area contributed by atoms with Crippen LogP contribution in [0.5, 0.6) is 0 Å². The zero-order chi connectivity index (χ0) is 21.9. The first-order valence-corrected chi connectivity index (χ1v) is 12.7. The number of amides is 1. The van der Waals surface area contributed by atoms with Crippen LogP contribution in [0.25, 0.3) is 10.2 Å². The predicted octanol–water partition coefficient (Wildman–Crippen LogP) is 4.74. The molecule has 0 unspecified atom stereocenters. The van der Waals surface area contributed by atoms with Crippen LogP contribution in [-0.2, 0) is 11.3 Å². The van der Waals surface area contributed by atoms with E-state index in [4.69, 9.17) is 4.98 Å². The molecule has 1 saturated heterocycles. The van der Waals surface area contributed by atoms with Crippen LogP contribution in [0.4, 0.5) is 0 Å². The van der Waals surface area contributed by atoms with Crippen LogP contribution in [-0.4, -0.2) is 49.4 Å². The van der Waals surface area contributed by atoms with Crippen molar-refractivity contribution in [3.63, 3.8) is 0 Å². The van der Waals surface area contributed by atoms with Gasteiger partial charge in [-0.15, -0.1) is 21.5 Å².